The molecular formula is C23H29Cl3N4O. The van der Waals surface area contributed by atoms with Crippen LogP contribution in [0.4, 0.5) is 11.4 Å². The second kappa shape index (κ2) is 14.7. The zero-order chi connectivity index (χ0) is 18.3. The predicted molar refractivity (Wildman–Crippen MR) is 141 cm³/mol. The van der Waals surface area contributed by atoms with Crippen LogP contribution in [0.5, 0.6) is 0 Å². The van der Waals surface area contributed by atoms with Crippen LogP contribution >= 0.6 is 37.2 Å². The highest BCUT2D eigenvalue weighted by atomic mass is 35.5. The molecule has 4 rings (SSSR count). The van der Waals surface area contributed by atoms with Crippen molar-refractivity contribution in [1.29, 1.82) is 0 Å². The normalized spacial score (nSPS) is 9.55. The molecule has 4 aromatic rings. The van der Waals surface area contributed by atoms with Crippen molar-refractivity contribution in [2.75, 3.05) is 36.8 Å². The number of fused-ring (bicyclic) bond motifs is 2. The molecule has 5 N–H and O–H groups in total. The molecule has 0 fully saturated rings. The maximum atomic E-state index is 4.48. The number of rotatable bonds is 8. The summed E-state index contributed by atoms with van der Waals surface area (Å²) < 4.78 is 0. The summed E-state index contributed by atoms with van der Waals surface area (Å²) in [7, 11) is 0. The minimum Gasteiger partial charge on any atom is -0.412 e. The third-order valence-electron chi connectivity index (χ3n) is 4.66. The lowest BCUT2D eigenvalue weighted by molar-refractivity contribution is 0.719. The van der Waals surface area contributed by atoms with Crippen molar-refractivity contribution in [3.8, 4) is 0 Å². The van der Waals surface area contributed by atoms with Gasteiger partial charge in [-0.2, -0.15) is 0 Å². The highest BCUT2D eigenvalue weighted by Crippen LogP contribution is 2.22. The number of aromatic nitrogens is 1. The molecule has 3 aromatic carbocycles. The van der Waals surface area contributed by atoms with Gasteiger partial charge < -0.3 is 21.4 Å². The fraction of sp³-hybridized carbons (Fsp3) is 0.174. The van der Waals surface area contributed by atoms with E-state index in [1.54, 1.807) is 0 Å². The van der Waals surface area contributed by atoms with E-state index in [9.17, 15) is 0 Å². The van der Waals surface area contributed by atoms with Gasteiger partial charge in [0.05, 0.1) is 11.2 Å². The maximum Gasteiger partial charge on any atom is 0.0933 e. The van der Waals surface area contributed by atoms with Crippen LogP contribution < -0.4 is 16.0 Å². The standard InChI is InChI=1S/C23H24N4.3ClH.H2O/c1-2-10-20-18(6-1)7-3-11-21(20)25-16-14-24-15-17-26-22-12-4-8-19-9-5-13-27-23(19)22;;;;/h1-13,24-26H,14-17H2;3*1H;1H2. The van der Waals surface area contributed by atoms with Crippen LogP contribution in [0.15, 0.2) is 79.0 Å². The molecule has 0 unspecified atom stereocenters. The van der Waals surface area contributed by atoms with Gasteiger partial charge in [-0.25, -0.2) is 0 Å². The average molecular weight is 484 g/mol. The van der Waals surface area contributed by atoms with E-state index >= 15 is 0 Å². The lowest BCUT2D eigenvalue weighted by Crippen LogP contribution is -2.27. The van der Waals surface area contributed by atoms with Crippen LogP contribution in [0, 0.1) is 0 Å². The second-order valence-electron chi connectivity index (χ2n) is 6.51. The Labute approximate surface area is 201 Å². The molecule has 0 bridgehead atoms. The highest BCUT2D eigenvalue weighted by Gasteiger charge is 2.01. The molecule has 0 spiro atoms. The Bertz CT molecular complexity index is 955. The van der Waals surface area contributed by atoms with Gasteiger partial charge in [-0.15, -0.1) is 37.2 Å². The minimum absolute atomic E-state index is 0. The first-order valence-corrected chi connectivity index (χ1v) is 9.42. The fourth-order valence-corrected chi connectivity index (χ4v) is 3.32. The number of para-hydroxylation sites is 1. The van der Waals surface area contributed by atoms with Gasteiger partial charge in [-0.1, -0.05) is 54.6 Å². The molecule has 0 saturated carbocycles. The first-order chi connectivity index (χ1) is 13.4. The molecule has 0 radical (unpaired) electrons. The summed E-state index contributed by atoms with van der Waals surface area (Å²) in [6.07, 6.45) is 1.84. The number of halogens is 3. The molecule has 0 aliphatic heterocycles. The molecule has 1 aromatic heterocycles. The maximum absolute atomic E-state index is 4.48. The van der Waals surface area contributed by atoms with Crippen LogP contribution in [-0.2, 0) is 0 Å². The Balaban J connectivity index is 0.00000225. The summed E-state index contributed by atoms with van der Waals surface area (Å²) in [6, 6.07) is 25.1. The van der Waals surface area contributed by atoms with Crippen molar-refractivity contribution in [2.24, 2.45) is 0 Å². The molecule has 31 heavy (non-hydrogen) atoms. The molecule has 1 heterocycles. The van der Waals surface area contributed by atoms with E-state index in [-0.39, 0.29) is 42.7 Å². The van der Waals surface area contributed by atoms with E-state index in [0.29, 0.717) is 0 Å². The van der Waals surface area contributed by atoms with Gasteiger partial charge in [0, 0.05) is 48.8 Å². The van der Waals surface area contributed by atoms with Crippen molar-refractivity contribution in [1.82, 2.24) is 10.3 Å². The van der Waals surface area contributed by atoms with E-state index < -0.39 is 0 Å². The number of hydrogen-bond donors (Lipinski definition) is 3. The number of nitrogens with one attached hydrogen (secondary N) is 3. The fourth-order valence-electron chi connectivity index (χ4n) is 3.32. The van der Waals surface area contributed by atoms with E-state index in [1.165, 1.54) is 16.5 Å². The molecule has 0 saturated heterocycles. The first kappa shape index (κ1) is 28.7. The smallest absolute Gasteiger partial charge is 0.0933 e. The van der Waals surface area contributed by atoms with Crippen molar-refractivity contribution in [2.45, 2.75) is 0 Å². The summed E-state index contributed by atoms with van der Waals surface area (Å²) in [5.74, 6) is 0. The molecular weight excluding hydrogens is 455 g/mol. The average Bonchev–Trinajstić information content (AvgIpc) is 2.73. The third-order valence-corrected chi connectivity index (χ3v) is 4.66. The lowest BCUT2D eigenvalue weighted by atomic mass is 10.1. The Morgan fingerprint density at radius 2 is 1.16 bits per heavy atom. The van der Waals surface area contributed by atoms with Crippen molar-refractivity contribution in [3.63, 3.8) is 0 Å². The van der Waals surface area contributed by atoms with Crippen LogP contribution in [0.1, 0.15) is 0 Å². The molecule has 168 valence electrons. The topological polar surface area (TPSA) is 80.5 Å². The third kappa shape index (κ3) is 7.42. The monoisotopic (exact) mass is 482 g/mol. The predicted octanol–water partition coefficient (Wildman–Crippen LogP) is 4.94. The minimum atomic E-state index is 0. The molecule has 0 aliphatic rings. The number of anilines is 2. The number of hydrogen-bond acceptors (Lipinski definition) is 4. The van der Waals surface area contributed by atoms with Crippen molar-refractivity contribution < 1.29 is 5.48 Å². The first-order valence-electron chi connectivity index (χ1n) is 9.42. The molecule has 0 aliphatic carbocycles. The van der Waals surface area contributed by atoms with Crippen LogP contribution in [-0.4, -0.2) is 36.6 Å². The highest BCUT2D eigenvalue weighted by molar-refractivity contribution is 5.93. The second-order valence-corrected chi connectivity index (χ2v) is 6.51. The zero-order valence-electron chi connectivity index (χ0n) is 17.0. The van der Waals surface area contributed by atoms with Crippen molar-refractivity contribution in [3.05, 3.63) is 79.0 Å². The summed E-state index contributed by atoms with van der Waals surface area (Å²) in [4.78, 5) is 4.48. The summed E-state index contributed by atoms with van der Waals surface area (Å²) in [5, 5.41) is 14.2. The summed E-state index contributed by atoms with van der Waals surface area (Å²) >= 11 is 0. The van der Waals surface area contributed by atoms with Gasteiger partial charge in [-0.05, 0) is 23.6 Å². The van der Waals surface area contributed by atoms with Crippen LogP contribution in [0.3, 0.4) is 0 Å². The van der Waals surface area contributed by atoms with Gasteiger partial charge >= 0.3 is 0 Å². The number of benzene rings is 3. The summed E-state index contributed by atoms with van der Waals surface area (Å²) in [6.45, 7) is 3.58. The number of pyridine rings is 1. The SMILES string of the molecule is Cl.Cl.Cl.O.c1ccc2c(NCCNCCNc3cccc4cccnc34)cccc2c1. The van der Waals surface area contributed by atoms with Gasteiger partial charge in [0.2, 0.25) is 0 Å². The molecule has 0 amide bonds. The van der Waals surface area contributed by atoms with Crippen LogP contribution in [0.25, 0.3) is 21.7 Å². The van der Waals surface area contributed by atoms with Crippen molar-refractivity contribution >= 4 is 70.3 Å². The quantitative estimate of drug-likeness (QED) is 0.310. The van der Waals surface area contributed by atoms with Gasteiger partial charge in [-0.3, -0.25) is 4.98 Å². The summed E-state index contributed by atoms with van der Waals surface area (Å²) in [5.41, 5.74) is 3.30. The lowest BCUT2D eigenvalue weighted by Gasteiger charge is -2.12. The van der Waals surface area contributed by atoms with Gasteiger partial charge in [0.15, 0.2) is 0 Å². The Morgan fingerprint density at radius 1 is 0.581 bits per heavy atom. The number of nitrogens with zero attached hydrogens (tertiary/aromatic N) is 1. The largest absolute Gasteiger partial charge is 0.412 e. The Hall–Kier alpha value is -2.28. The van der Waals surface area contributed by atoms with E-state index in [0.717, 1.165) is 42.8 Å². The molecule has 5 nitrogen and oxygen atoms in total. The van der Waals surface area contributed by atoms with E-state index in [2.05, 4.69) is 87.7 Å². The van der Waals surface area contributed by atoms with Gasteiger partial charge in [0.1, 0.15) is 0 Å². The van der Waals surface area contributed by atoms with E-state index in [1.807, 2.05) is 12.3 Å². The van der Waals surface area contributed by atoms with Crippen LogP contribution in [0.2, 0.25) is 0 Å². The zero-order valence-corrected chi connectivity index (χ0v) is 19.5. The molecule has 0 atom stereocenters. The Morgan fingerprint density at radius 3 is 1.94 bits per heavy atom. The van der Waals surface area contributed by atoms with Gasteiger partial charge in [0.25, 0.3) is 0 Å². The molecule has 8 heteroatoms. The Kier molecular flexibility index (Phi) is 13.6. The van der Waals surface area contributed by atoms with E-state index in [4.69, 9.17) is 0 Å².